The van der Waals surface area contributed by atoms with E-state index < -0.39 is 52.4 Å². The second-order valence-corrected chi connectivity index (χ2v) is 10.6. The Labute approximate surface area is 218 Å². The fraction of sp³-hybridized carbons (Fsp3) is 0.333. The third kappa shape index (κ3) is 8.23. The Bertz CT molecular complexity index is 1280. The molecule has 0 bridgehead atoms. The number of ether oxygens (including phenoxy) is 3. The van der Waals surface area contributed by atoms with Crippen LogP contribution in [0.2, 0.25) is 0 Å². The minimum atomic E-state index is -4.01. The summed E-state index contributed by atoms with van der Waals surface area (Å²) >= 11 is 0.801. The Balaban J connectivity index is 2.09. The van der Waals surface area contributed by atoms with E-state index in [0.29, 0.717) is 5.56 Å². The Morgan fingerprint density at radius 3 is 2.22 bits per heavy atom. The van der Waals surface area contributed by atoms with Crippen LogP contribution in [0.15, 0.2) is 35.7 Å². The molecule has 0 aliphatic carbocycles. The number of thiophene rings is 1. The minimum absolute atomic E-state index is 0.0120. The number of benzene rings is 1. The lowest BCUT2D eigenvalue weighted by Gasteiger charge is -2.19. The number of methoxy groups -OCH3 is 2. The zero-order valence-electron chi connectivity index (χ0n) is 20.9. The number of hydrogen-bond acceptors (Lipinski definition) is 10. The van der Waals surface area contributed by atoms with Crippen molar-refractivity contribution in [2.24, 2.45) is 5.92 Å². The predicted octanol–water partition coefficient (Wildman–Crippen LogP) is 2.73. The molecule has 0 radical (unpaired) electrons. The molecule has 2 aromatic rings. The largest absolute Gasteiger partial charge is 0.465 e. The van der Waals surface area contributed by atoms with Crippen molar-refractivity contribution in [3.8, 4) is 0 Å². The number of carbonyl (C=O) groups is 4. The van der Waals surface area contributed by atoms with Gasteiger partial charge in [-0.15, -0.1) is 11.3 Å². The molecular formula is C24H28N2O9S2. The second-order valence-electron chi connectivity index (χ2n) is 8.00. The number of esters is 3. The molecule has 1 aromatic heterocycles. The molecule has 0 aliphatic heterocycles. The molecule has 0 spiro atoms. The molecule has 0 unspecified atom stereocenters. The molecule has 0 saturated heterocycles. The maximum atomic E-state index is 12.6. The van der Waals surface area contributed by atoms with Gasteiger partial charge in [-0.2, -0.15) is 4.72 Å². The highest BCUT2D eigenvalue weighted by atomic mass is 32.2. The van der Waals surface area contributed by atoms with Gasteiger partial charge in [0.1, 0.15) is 15.9 Å². The molecule has 200 valence electrons. The number of anilines is 1. The monoisotopic (exact) mass is 552 g/mol. The van der Waals surface area contributed by atoms with Crippen LogP contribution in [0.3, 0.4) is 0 Å². The molecule has 2 N–H and O–H groups in total. The van der Waals surface area contributed by atoms with Crippen molar-refractivity contribution < 1.29 is 41.8 Å². The summed E-state index contributed by atoms with van der Waals surface area (Å²) in [7, 11) is -1.69. The minimum Gasteiger partial charge on any atom is -0.465 e. The third-order valence-corrected chi connectivity index (χ3v) is 7.22. The average Bonchev–Trinajstić information content (AvgIpc) is 3.19. The van der Waals surface area contributed by atoms with E-state index in [0.717, 1.165) is 23.9 Å². The Morgan fingerprint density at radius 2 is 1.65 bits per heavy atom. The van der Waals surface area contributed by atoms with Gasteiger partial charge in [0.05, 0.1) is 19.8 Å². The summed E-state index contributed by atoms with van der Waals surface area (Å²) in [6.07, 6.45) is 1.38. The van der Waals surface area contributed by atoms with E-state index >= 15 is 0 Å². The predicted molar refractivity (Wildman–Crippen MR) is 137 cm³/mol. The Morgan fingerprint density at radius 1 is 1.03 bits per heavy atom. The van der Waals surface area contributed by atoms with Crippen LogP contribution in [0.1, 0.15) is 45.0 Å². The maximum absolute atomic E-state index is 12.6. The number of rotatable bonds is 11. The van der Waals surface area contributed by atoms with Gasteiger partial charge in [-0.25, -0.2) is 18.0 Å². The number of sulfonamides is 1. The molecular weight excluding hydrogens is 524 g/mol. The normalized spacial score (nSPS) is 12.3. The molecule has 1 amide bonds. The molecule has 37 heavy (non-hydrogen) atoms. The van der Waals surface area contributed by atoms with Gasteiger partial charge in [0.25, 0.3) is 5.91 Å². The topological polar surface area (TPSA) is 154 Å². The number of nitrogens with one attached hydrogen (secondary N) is 2. The van der Waals surface area contributed by atoms with Crippen LogP contribution in [0.25, 0.3) is 6.08 Å². The zero-order valence-corrected chi connectivity index (χ0v) is 22.5. The van der Waals surface area contributed by atoms with Crippen LogP contribution >= 0.6 is 11.3 Å². The highest BCUT2D eigenvalue weighted by molar-refractivity contribution is 7.92. The van der Waals surface area contributed by atoms with E-state index in [1.165, 1.54) is 20.1 Å². The molecule has 1 atom stereocenters. The van der Waals surface area contributed by atoms with E-state index in [1.54, 1.807) is 44.2 Å². The van der Waals surface area contributed by atoms with E-state index in [1.807, 2.05) is 0 Å². The molecule has 13 heteroatoms. The summed E-state index contributed by atoms with van der Waals surface area (Å²) in [4.78, 5) is 49.4. The van der Waals surface area contributed by atoms with Crippen molar-refractivity contribution in [2.45, 2.75) is 26.8 Å². The SMILES string of the molecule is COC(=O)c1sc(NC(=O)COC(=O)[C@@H](NS(=O)(=O)/C=C/c2ccccc2)C(C)C)c(C(=O)OC)c1C. The lowest BCUT2D eigenvalue weighted by molar-refractivity contribution is -0.150. The molecule has 0 saturated carbocycles. The van der Waals surface area contributed by atoms with Crippen molar-refractivity contribution in [1.82, 2.24) is 4.72 Å². The van der Waals surface area contributed by atoms with Gasteiger partial charge in [-0.1, -0.05) is 44.2 Å². The maximum Gasteiger partial charge on any atom is 0.348 e. The van der Waals surface area contributed by atoms with E-state index in [-0.39, 0.29) is 21.0 Å². The lowest BCUT2D eigenvalue weighted by Crippen LogP contribution is -2.45. The first-order valence-corrected chi connectivity index (χ1v) is 13.3. The van der Waals surface area contributed by atoms with Crippen molar-refractivity contribution in [2.75, 3.05) is 26.1 Å². The number of amides is 1. The van der Waals surface area contributed by atoms with Gasteiger partial charge >= 0.3 is 17.9 Å². The van der Waals surface area contributed by atoms with E-state index in [9.17, 15) is 27.6 Å². The zero-order chi connectivity index (χ0) is 27.8. The average molecular weight is 553 g/mol. The lowest BCUT2D eigenvalue weighted by atomic mass is 10.1. The van der Waals surface area contributed by atoms with Gasteiger partial charge in [0, 0.05) is 5.41 Å². The summed E-state index contributed by atoms with van der Waals surface area (Å²) in [5, 5.41) is 3.37. The molecule has 0 fully saturated rings. The molecule has 1 aromatic carbocycles. The highest BCUT2D eigenvalue weighted by Gasteiger charge is 2.30. The van der Waals surface area contributed by atoms with Gasteiger partial charge < -0.3 is 19.5 Å². The quantitative estimate of drug-likeness (QED) is 0.316. The summed E-state index contributed by atoms with van der Waals surface area (Å²) in [6, 6.07) is 7.46. The highest BCUT2D eigenvalue weighted by Crippen LogP contribution is 2.34. The van der Waals surface area contributed by atoms with Gasteiger partial charge in [0.15, 0.2) is 6.61 Å². The van der Waals surface area contributed by atoms with Crippen molar-refractivity contribution >= 4 is 56.3 Å². The first-order valence-electron chi connectivity index (χ1n) is 10.9. The van der Waals surface area contributed by atoms with Crippen LogP contribution in [0.5, 0.6) is 0 Å². The van der Waals surface area contributed by atoms with Gasteiger partial charge in [-0.3, -0.25) is 9.59 Å². The smallest absolute Gasteiger partial charge is 0.348 e. The van der Waals surface area contributed by atoms with Crippen LogP contribution in [0, 0.1) is 12.8 Å². The first kappa shape index (κ1) is 29.7. The number of hydrogen-bond donors (Lipinski definition) is 2. The van der Waals surface area contributed by atoms with Crippen LogP contribution in [0.4, 0.5) is 5.00 Å². The van der Waals surface area contributed by atoms with Crippen molar-refractivity contribution in [3.05, 3.63) is 57.3 Å². The number of carbonyl (C=O) groups excluding carboxylic acids is 4. The third-order valence-electron chi connectivity index (χ3n) is 4.96. The first-order chi connectivity index (χ1) is 17.4. The summed E-state index contributed by atoms with van der Waals surface area (Å²) in [5.41, 5.74) is 0.873. The van der Waals surface area contributed by atoms with E-state index in [4.69, 9.17) is 14.2 Å². The van der Waals surface area contributed by atoms with Crippen LogP contribution in [-0.4, -0.2) is 59.1 Å². The van der Waals surface area contributed by atoms with Gasteiger partial charge in [0.2, 0.25) is 10.0 Å². The molecule has 2 rings (SSSR count). The summed E-state index contributed by atoms with van der Waals surface area (Å²) in [6.45, 7) is 3.95. The summed E-state index contributed by atoms with van der Waals surface area (Å²) in [5.74, 6) is -3.76. The standard InChI is InChI=1S/C24H28N2O9S2/c1-14(2)19(26-37(31,32)12-11-16-9-7-6-8-10-16)23(29)35-13-17(27)25-21-18(22(28)33-4)15(3)20(36-21)24(30)34-5/h6-12,14,19,26H,13H2,1-5H3,(H,25,27)/b12-11+/t19-/m0/s1. The van der Waals surface area contributed by atoms with E-state index in [2.05, 4.69) is 10.0 Å². The molecule has 11 nitrogen and oxygen atoms in total. The van der Waals surface area contributed by atoms with Crippen molar-refractivity contribution in [3.63, 3.8) is 0 Å². The fourth-order valence-electron chi connectivity index (χ4n) is 3.03. The fourth-order valence-corrected chi connectivity index (χ4v) is 5.30. The molecule has 1 heterocycles. The molecule has 0 aliphatic rings. The second kappa shape index (κ2) is 13.1. The van der Waals surface area contributed by atoms with Gasteiger partial charge in [-0.05, 0) is 30.0 Å². The Hall–Kier alpha value is -3.55. The van der Waals surface area contributed by atoms with Crippen LogP contribution < -0.4 is 10.0 Å². The van der Waals surface area contributed by atoms with Crippen molar-refractivity contribution in [1.29, 1.82) is 0 Å². The summed E-state index contributed by atoms with van der Waals surface area (Å²) < 4.78 is 41.7. The van der Waals surface area contributed by atoms with Crippen LogP contribution in [-0.2, 0) is 33.8 Å². The Kier molecular flexibility index (Phi) is 10.5.